The van der Waals surface area contributed by atoms with Crippen LogP contribution in [0.3, 0.4) is 0 Å². The zero-order valence-corrected chi connectivity index (χ0v) is 9.84. The highest BCUT2D eigenvalue weighted by molar-refractivity contribution is 5.97. The maximum Gasteiger partial charge on any atom is 0.251 e. The lowest BCUT2D eigenvalue weighted by molar-refractivity contribution is -0.121. The van der Waals surface area contributed by atoms with Crippen LogP contribution >= 0.6 is 0 Å². The first-order valence-electron chi connectivity index (χ1n) is 5.69. The van der Waals surface area contributed by atoms with Crippen molar-refractivity contribution >= 4 is 11.7 Å². The van der Waals surface area contributed by atoms with E-state index >= 15 is 0 Å². The van der Waals surface area contributed by atoms with E-state index in [4.69, 9.17) is 0 Å². The number of hydrogen-bond donors (Lipinski definition) is 1. The van der Waals surface area contributed by atoms with Crippen molar-refractivity contribution in [1.82, 2.24) is 36.1 Å². The lowest BCUT2D eigenvalue weighted by Crippen LogP contribution is -2.51. The summed E-state index contributed by atoms with van der Waals surface area (Å²) in [5.41, 5.74) is 0.534. The van der Waals surface area contributed by atoms with Gasteiger partial charge < -0.3 is 0 Å². The van der Waals surface area contributed by atoms with Gasteiger partial charge in [0.2, 0.25) is 0 Å². The molecule has 0 aromatic carbocycles. The first-order valence-corrected chi connectivity index (χ1v) is 5.69. The number of rotatable bonds is 2. The van der Waals surface area contributed by atoms with Crippen LogP contribution in [-0.4, -0.2) is 49.8 Å². The summed E-state index contributed by atoms with van der Waals surface area (Å²) in [4.78, 5) is 14.0. The molecule has 1 aliphatic rings. The number of anilines is 1. The number of nitrogens with zero attached hydrogens (tertiary/aromatic N) is 7. The highest BCUT2D eigenvalue weighted by atomic mass is 16.2. The summed E-state index contributed by atoms with van der Waals surface area (Å²) in [5, 5.41) is 25.1. The van der Waals surface area contributed by atoms with E-state index in [9.17, 15) is 4.79 Å². The predicted octanol–water partition coefficient (Wildman–Crippen LogP) is -1.27. The van der Waals surface area contributed by atoms with E-state index in [1.165, 1.54) is 12.4 Å². The molecule has 1 amide bonds. The van der Waals surface area contributed by atoms with Crippen LogP contribution in [0.25, 0.3) is 0 Å². The Morgan fingerprint density at radius 1 is 1.16 bits per heavy atom. The van der Waals surface area contributed by atoms with Gasteiger partial charge in [0.25, 0.3) is 5.91 Å². The van der Waals surface area contributed by atoms with Crippen molar-refractivity contribution in [3.8, 4) is 0 Å². The third-order valence-corrected chi connectivity index (χ3v) is 2.78. The number of carbonyl (C=O) groups excluding carboxylic acids is 1. The van der Waals surface area contributed by atoms with E-state index in [2.05, 4.69) is 36.1 Å². The van der Waals surface area contributed by atoms with Crippen LogP contribution in [0.15, 0.2) is 24.5 Å². The minimum atomic E-state index is -0.542. The Kier molecular flexibility index (Phi) is 3.02. The van der Waals surface area contributed by atoms with E-state index in [0.29, 0.717) is 24.6 Å². The van der Waals surface area contributed by atoms with E-state index in [0.717, 1.165) is 0 Å². The third kappa shape index (κ3) is 2.22. The molecule has 9 nitrogen and oxygen atoms in total. The van der Waals surface area contributed by atoms with Crippen molar-refractivity contribution in [2.24, 2.45) is 0 Å². The van der Waals surface area contributed by atoms with Crippen LogP contribution in [-0.2, 0) is 4.79 Å². The second-order valence-corrected chi connectivity index (χ2v) is 3.90. The number of piperazine rings is 1. The molecular weight excluding hydrogens is 248 g/mol. The van der Waals surface area contributed by atoms with Crippen molar-refractivity contribution in [2.45, 2.75) is 6.04 Å². The molecule has 9 heteroatoms. The molecule has 96 valence electrons. The molecule has 0 spiro atoms. The molecule has 19 heavy (non-hydrogen) atoms. The van der Waals surface area contributed by atoms with Crippen LogP contribution in [0.2, 0.25) is 0 Å². The van der Waals surface area contributed by atoms with Crippen LogP contribution in [0.1, 0.15) is 11.7 Å². The van der Waals surface area contributed by atoms with Crippen LogP contribution in [0, 0.1) is 0 Å². The zero-order valence-electron chi connectivity index (χ0n) is 9.84. The van der Waals surface area contributed by atoms with Crippen LogP contribution in [0.4, 0.5) is 5.82 Å². The van der Waals surface area contributed by atoms with E-state index < -0.39 is 6.04 Å². The number of nitrogens with one attached hydrogen (secondary N) is 1. The van der Waals surface area contributed by atoms with Crippen molar-refractivity contribution in [1.29, 1.82) is 0 Å². The van der Waals surface area contributed by atoms with Gasteiger partial charge in [0.05, 0.1) is 18.1 Å². The summed E-state index contributed by atoms with van der Waals surface area (Å²) in [6.07, 6.45) is 3.00. The van der Waals surface area contributed by atoms with Gasteiger partial charge in [-0.05, 0) is 16.5 Å². The monoisotopic (exact) mass is 258 g/mol. The summed E-state index contributed by atoms with van der Waals surface area (Å²) in [5.74, 6) is 0.334. The van der Waals surface area contributed by atoms with Crippen LogP contribution in [0.5, 0.6) is 0 Å². The maximum absolute atomic E-state index is 12.4. The van der Waals surface area contributed by atoms with Crippen molar-refractivity contribution in [2.75, 3.05) is 18.0 Å². The number of hydrogen-bond acceptors (Lipinski definition) is 8. The van der Waals surface area contributed by atoms with Gasteiger partial charge >= 0.3 is 0 Å². The molecule has 2 aromatic heterocycles. The molecule has 1 N–H and O–H groups in total. The molecule has 1 unspecified atom stereocenters. The van der Waals surface area contributed by atoms with Crippen LogP contribution < -0.4 is 10.2 Å². The lowest BCUT2D eigenvalue weighted by Gasteiger charge is -2.31. The molecule has 1 fully saturated rings. The number of aromatic nitrogens is 6. The predicted molar refractivity (Wildman–Crippen MR) is 62.8 cm³/mol. The average molecular weight is 258 g/mol. The Balaban J connectivity index is 1.88. The first kappa shape index (κ1) is 11.5. The summed E-state index contributed by atoms with van der Waals surface area (Å²) in [6, 6.07) is 2.76. The van der Waals surface area contributed by atoms with Crippen molar-refractivity contribution in [3.05, 3.63) is 30.2 Å². The van der Waals surface area contributed by atoms with Gasteiger partial charge in [-0.2, -0.15) is 0 Å². The molecule has 0 saturated carbocycles. The molecule has 3 heterocycles. The summed E-state index contributed by atoms with van der Waals surface area (Å²) >= 11 is 0. The minimum absolute atomic E-state index is 0.146. The Morgan fingerprint density at radius 3 is 2.63 bits per heavy atom. The molecule has 3 rings (SSSR count). The summed E-state index contributed by atoms with van der Waals surface area (Å²) < 4.78 is 0. The second-order valence-electron chi connectivity index (χ2n) is 3.90. The smallest absolute Gasteiger partial charge is 0.251 e. The molecule has 1 saturated heterocycles. The number of amides is 1. The van der Waals surface area contributed by atoms with Crippen molar-refractivity contribution < 1.29 is 4.79 Å². The van der Waals surface area contributed by atoms with Crippen molar-refractivity contribution in [3.63, 3.8) is 0 Å². The quantitative estimate of drug-likeness (QED) is 0.710. The Hall–Kier alpha value is -2.55. The second kappa shape index (κ2) is 4.98. The SMILES string of the molecule is O=C1C(c2ccnnn2)NCCN1c1ccnnn1. The van der Waals surface area contributed by atoms with Gasteiger partial charge in [-0.1, -0.05) is 0 Å². The largest absolute Gasteiger partial charge is 0.299 e. The summed E-state index contributed by atoms with van der Waals surface area (Å²) in [6.45, 7) is 1.15. The van der Waals surface area contributed by atoms with Gasteiger partial charge in [-0.3, -0.25) is 15.0 Å². The first-order chi connectivity index (χ1) is 9.36. The Labute approximate surface area is 108 Å². The maximum atomic E-state index is 12.4. The Bertz CT molecular complexity index is 513. The normalized spacial score (nSPS) is 19.5. The van der Waals surface area contributed by atoms with E-state index in [-0.39, 0.29) is 5.91 Å². The molecule has 2 aromatic rings. The minimum Gasteiger partial charge on any atom is -0.299 e. The number of carbonyl (C=O) groups is 1. The van der Waals surface area contributed by atoms with Gasteiger partial charge in [0.1, 0.15) is 6.04 Å². The fourth-order valence-electron chi connectivity index (χ4n) is 1.92. The molecular formula is C10H10N8O. The van der Waals surface area contributed by atoms with Gasteiger partial charge in [0, 0.05) is 19.2 Å². The average Bonchev–Trinajstić information content (AvgIpc) is 2.49. The Morgan fingerprint density at radius 2 is 1.95 bits per heavy atom. The van der Waals surface area contributed by atoms with E-state index in [1.54, 1.807) is 17.0 Å². The van der Waals surface area contributed by atoms with Gasteiger partial charge in [-0.15, -0.1) is 20.4 Å². The standard InChI is InChI=1S/C10H10N8O/c19-10-9(7-1-3-12-16-14-7)11-5-6-18(10)8-2-4-13-17-15-8/h1-4,9,11H,5-6H2. The topological polar surface area (TPSA) is 110 Å². The van der Waals surface area contributed by atoms with Gasteiger partial charge in [0.15, 0.2) is 5.82 Å². The molecule has 0 bridgehead atoms. The highest BCUT2D eigenvalue weighted by Crippen LogP contribution is 2.19. The molecule has 0 radical (unpaired) electrons. The highest BCUT2D eigenvalue weighted by Gasteiger charge is 2.32. The van der Waals surface area contributed by atoms with Gasteiger partial charge in [-0.25, -0.2) is 0 Å². The third-order valence-electron chi connectivity index (χ3n) is 2.78. The molecule has 1 atom stereocenters. The fourth-order valence-corrected chi connectivity index (χ4v) is 1.92. The van der Waals surface area contributed by atoms with E-state index in [1.807, 2.05) is 0 Å². The zero-order chi connectivity index (χ0) is 13.1. The lowest BCUT2D eigenvalue weighted by atomic mass is 10.1. The molecule has 1 aliphatic heterocycles. The fraction of sp³-hybridized carbons (Fsp3) is 0.300. The summed E-state index contributed by atoms with van der Waals surface area (Å²) in [7, 11) is 0. The molecule has 0 aliphatic carbocycles.